The first-order chi connectivity index (χ1) is 12.2. The maximum atomic E-state index is 13.0. The van der Waals surface area contributed by atoms with Crippen LogP contribution < -0.4 is 4.74 Å². The average molecular weight is 346 g/mol. The van der Waals surface area contributed by atoms with Crippen molar-refractivity contribution in [3.63, 3.8) is 0 Å². The van der Waals surface area contributed by atoms with Gasteiger partial charge in [-0.15, -0.1) is 0 Å². The topological polar surface area (TPSA) is 42.0 Å². The van der Waals surface area contributed by atoms with Crippen LogP contribution in [0.25, 0.3) is 0 Å². The van der Waals surface area contributed by atoms with Gasteiger partial charge in [0.15, 0.2) is 0 Å². The zero-order valence-corrected chi connectivity index (χ0v) is 15.4. The van der Waals surface area contributed by atoms with Gasteiger partial charge in [0.05, 0.1) is 20.3 Å². The van der Waals surface area contributed by atoms with Crippen LogP contribution in [0.5, 0.6) is 5.75 Å². The summed E-state index contributed by atoms with van der Waals surface area (Å²) in [6.45, 7) is 7.75. The van der Waals surface area contributed by atoms with Crippen LogP contribution in [0.3, 0.4) is 0 Å². The Morgan fingerprint density at radius 3 is 2.60 bits per heavy atom. The summed E-state index contributed by atoms with van der Waals surface area (Å²) >= 11 is 0. The van der Waals surface area contributed by atoms with Gasteiger partial charge in [-0.25, -0.2) is 0 Å². The highest BCUT2D eigenvalue weighted by Crippen LogP contribution is 2.23. The van der Waals surface area contributed by atoms with E-state index in [1.54, 1.807) is 7.11 Å². The summed E-state index contributed by atoms with van der Waals surface area (Å²) < 4.78 is 11.0. The van der Waals surface area contributed by atoms with Crippen LogP contribution in [0.4, 0.5) is 0 Å². The van der Waals surface area contributed by atoms with Gasteiger partial charge >= 0.3 is 0 Å². The molecule has 1 aromatic rings. The van der Waals surface area contributed by atoms with E-state index in [0.717, 1.165) is 25.3 Å². The summed E-state index contributed by atoms with van der Waals surface area (Å²) in [6.07, 6.45) is 3.73. The lowest BCUT2D eigenvalue weighted by Crippen LogP contribution is -2.43. The zero-order valence-electron chi connectivity index (χ0n) is 15.4. The van der Waals surface area contributed by atoms with Gasteiger partial charge in [0.1, 0.15) is 5.75 Å². The molecule has 0 spiro atoms. The fourth-order valence-electron chi connectivity index (χ4n) is 3.86. The molecule has 2 heterocycles. The highest BCUT2D eigenvalue weighted by Gasteiger charge is 2.31. The van der Waals surface area contributed by atoms with Crippen molar-refractivity contribution >= 4 is 5.91 Å². The quantitative estimate of drug-likeness (QED) is 0.822. The standard InChI is InChI=1S/C20H30N2O3/c1-16-18(9-12-21-10-3-4-11-21)15-25-14-13-22(16)20(23)17-5-7-19(24-2)8-6-17/h5-8,16,18H,3-4,9-15H2,1-2H3/t16-,18+/m1/s1. The molecule has 1 amide bonds. The van der Waals surface area contributed by atoms with Gasteiger partial charge in [0, 0.05) is 24.1 Å². The molecule has 3 rings (SSSR count). The van der Waals surface area contributed by atoms with E-state index < -0.39 is 0 Å². The molecule has 5 nitrogen and oxygen atoms in total. The summed E-state index contributed by atoms with van der Waals surface area (Å²) in [6, 6.07) is 7.58. The normalized spacial score (nSPS) is 25.0. The second kappa shape index (κ2) is 8.68. The number of carbonyl (C=O) groups is 1. The van der Waals surface area contributed by atoms with Crippen molar-refractivity contribution in [2.45, 2.75) is 32.2 Å². The molecule has 138 valence electrons. The number of hydrogen-bond acceptors (Lipinski definition) is 4. The highest BCUT2D eigenvalue weighted by molar-refractivity contribution is 5.94. The third-order valence-corrected chi connectivity index (χ3v) is 5.59. The van der Waals surface area contributed by atoms with Gasteiger partial charge < -0.3 is 19.3 Å². The van der Waals surface area contributed by atoms with E-state index in [1.807, 2.05) is 29.2 Å². The molecule has 2 fully saturated rings. The fraction of sp³-hybridized carbons (Fsp3) is 0.650. The van der Waals surface area contributed by atoms with Gasteiger partial charge in [-0.3, -0.25) is 4.79 Å². The molecular weight excluding hydrogens is 316 g/mol. The minimum absolute atomic E-state index is 0.0897. The number of ether oxygens (including phenoxy) is 2. The van der Waals surface area contributed by atoms with E-state index in [-0.39, 0.29) is 11.9 Å². The Labute approximate surface area is 150 Å². The smallest absolute Gasteiger partial charge is 0.254 e. The van der Waals surface area contributed by atoms with Crippen molar-refractivity contribution in [1.29, 1.82) is 0 Å². The predicted molar refractivity (Wildman–Crippen MR) is 98.1 cm³/mol. The van der Waals surface area contributed by atoms with Crippen LogP contribution in [0.1, 0.15) is 36.5 Å². The molecule has 25 heavy (non-hydrogen) atoms. The molecule has 0 bridgehead atoms. The molecule has 0 saturated carbocycles. The summed E-state index contributed by atoms with van der Waals surface area (Å²) in [4.78, 5) is 17.5. The lowest BCUT2D eigenvalue weighted by atomic mass is 9.96. The third-order valence-electron chi connectivity index (χ3n) is 5.59. The molecule has 2 aliphatic heterocycles. The molecule has 0 unspecified atom stereocenters. The van der Waals surface area contributed by atoms with Crippen molar-refractivity contribution in [2.24, 2.45) is 5.92 Å². The molecule has 0 aromatic heterocycles. The minimum Gasteiger partial charge on any atom is -0.497 e. The Balaban J connectivity index is 1.64. The van der Waals surface area contributed by atoms with Crippen LogP contribution in [-0.4, -0.2) is 68.3 Å². The number of benzene rings is 1. The van der Waals surface area contributed by atoms with E-state index in [1.165, 1.54) is 25.9 Å². The molecular formula is C20H30N2O3. The monoisotopic (exact) mass is 346 g/mol. The van der Waals surface area contributed by atoms with Crippen molar-refractivity contribution in [3.8, 4) is 5.75 Å². The number of amides is 1. The van der Waals surface area contributed by atoms with Gasteiger partial charge in [0.2, 0.25) is 0 Å². The highest BCUT2D eigenvalue weighted by atomic mass is 16.5. The summed E-state index contributed by atoms with van der Waals surface area (Å²) in [5.74, 6) is 1.25. The first-order valence-electron chi connectivity index (χ1n) is 9.44. The first kappa shape index (κ1) is 18.2. The SMILES string of the molecule is COc1ccc(C(=O)N2CCOC[C@H](CCN3CCCC3)[C@H]2C)cc1. The second-order valence-corrected chi connectivity index (χ2v) is 7.14. The second-order valence-electron chi connectivity index (χ2n) is 7.14. The van der Waals surface area contributed by atoms with Gasteiger partial charge in [-0.05, 0) is 70.1 Å². The lowest BCUT2D eigenvalue weighted by Gasteiger charge is -2.32. The largest absolute Gasteiger partial charge is 0.497 e. The van der Waals surface area contributed by atoms with Gasteiger partial charge in [-0.2, -0.15) is 0 Å². The first-order valence-corrected chi connectivity index (χ1v) is 9.44. The molecule has 2 saturated heterocycles. The van der Waals surface area contributed by atoms with Crippen LogP contribution in [-0.2, 0) is 4.74 Å². The van der Waals surface area contributed by atoms with Crippen molar-refractivity contribution < 1.29 is 14.3 Å². The summed E-state index contributed by atoms with van der Waals surface area (Å²) in [5.41, 5.74) is 0.716. The number of methoxy groups -OCH3 is 1. The van der Waals surface area contributed by atoms with Crippen molar-refractivity contribution in [3.05, 3.63) is 29.8 Å². The molecule has 1 aromatic carbocycles. The Hall–Kier alpha value is -1.59. The molecule has 2 aliphatic rings. The molecule has 0 aliphatic carbocycles. The van der Waals surface area contributed by atoms with Gasteiger partial charge in [0.25, 0.3) is 5.91 Å². The number of carbonyl (C=O) groups excluding carboxylic acids is 1. The third kappa shape index (κ3) is 4.53. The number of hydrogen-bond donors (Lipinski definition) is 0. The maximum Gasteiger partial charge on any atom is 0.254 e. The number of nitrogens with zero attached hydrogens (tertiary/aromatic N) is 2. The van der Waals surface area contributed by atoms with Crippen molar-refractivity contribution in [1.82, 2.24) is 9.80 Å². The van der Waals surface area contributed by atoms with E-state index in [0.29, 0.717) is 24.6 Å². The van der Waals surface area contributed by atoms with Crippen LogP contribution in [0, 0.1) is 5.92 Å². The molecule has 2 atom stereocenters. The Morgan fingerprint density at radius 2 is 1.92 bits per heavy atom. The van der Waals surface area contributed by atoms with Gasteiger partial charge in [-0.1, -0.05) is 0 Å². The molecule has 0 N–H and O–H groups in total. The van der Waals surface area contributed by atoms with E-state index >= 15 is 0 Å². The minimum atomic E-state index is 0.0897. The number of likely N-dealkylation sites (tertiary alicyclic amines) is 1. The molecule has 0 radical (unpaired) electrons. The van der Waals surface area contributed by atoms with Crippen LogP contribution in [0.2, 0.25) is 0 Å². The average Bonchev–Trinajstić information content (AvgIpc) is 3.10. The Morgan fingerprint density at radius 1 is 1.20 bits per heavy atom. The predicted octanol–water partition coefficient (Wildman–Crippen LogP) is 2.66. The van der Waals surface area contributed by atoms with E-state index in [4.69, 9.17) is 9.47 Å². The maximum absolute atomic E-state index is 13.0. The summed E-state index contributed by atoms with van der Waals surface area (Å²) in [7, 11) is 1.63. The fourth-order valence-corrected chi connectivity index (χ4v) is 3.86. The van der Waals surface area contributed by atoms with Crippen LogP contribution >= 0.6 is 0 Å². The Bertz CT molecular complexity index is 555. The Kier molecular flexibility index (Phi) is 6.32. The molecule has 5 heteroatoms. The zero-order chi connectivity index (χ0) is 17.6. The number of rotatable bonds is 5. The lowest BCUT2D eigenvalue weighted by molar-refractivity contribution is 0.0652. The summed E-state index contributed by atoms with van der Waals surface area (Å²) in [5, 5.41) is 0. The van der Waals surface area contributed by atoms with E-state index in [2.05, 4.69) is 11.8 Å². The van der Waals surface area contributed by atoms with Crippen molar-refractivity contribution in [2.75, 3.05) is 46.5 Å². The van der Waals surface area contributed by atoms with Crippen LogP contribution in [0.15, 0.2) is 24.3 Å². The van der Waals surface area contributed by atoms with E-state index in [9.17, 15) is 4.79 Å².